The number of carbonyl (C=O) groups excluding carboxylic acids is 1. The Morgan fingerprint density at radius 1 is 1.40 bits per heavy atom. The first-order chi connectivity index (χ1) is 9.13. The second-order valence-corrected chi connectivity index (χ2v) is 8.15. The van der Waals surface area contributed by atoms with Gasteiger partial charge in [-0.3, -0.25) is 9.59 Å². The Kier molecular flexibility index (Phi) is 3.81. The van der Waals surface area contributed by atoms with Crippen molar-refractivity contribution in [2.75, 3.05) is 18.1 Å². The summed E-state index contributed by atoms with van der Waals surface area (Å²) < 4.78 is 23.3. The zero-order chi connectivity index (χ0) is 15.1. The monoisotopic (exact) mass is 304 g/mol. The molecule has 1 aliphatic heterocycles. The zero-order valence-electron chi connectivity index (χ0n) is 11.4. The topological polar surface area (TPSA) is 118 Å². The lowest BCUT2D eigenvalue weighted by molar-refractivity contribution is -0.143. The van der Waals surface area contributed by atoms with Crippen LogP contribution in [0.25, 0.3) is 0 Å². The van der Waals surface area contributed by atoms with Gasteiger partial charge in [0.1, 0.15) is 0 Å². The maximum absolute atomic E-state index is 12.5. The highest BCUT2D eigenvalue weighted by Crippen LogP contribution is 2.39. The minimum absolute atomic E-state index is 0.0264. The van der Waals surface area contributed by atoms with E-state index in [1.807, 2.05) is 0 Å². The highest BCUT2D eigenvalue weighted by molar-refractivity contribution is 7.91. The quantitative estimate of drug-likeness (QED) is 0.703. The SMILES string of the molecule is CC(N)(C(=O)N1CCS(=O)(=O)CC1CC(=O)O)C1CC1. The molecule has 8 heteroatoms. The third-order valence-electron chi connectivity index (χ3n) is 4.09. The van der Waals surface area contributed by atoms with Gasteiger partial charge in [-0.25, -0.2) is 8.42 Å². The molecule has 2 fully saturated rings. The van der Waals surface area contributed by atoms with Crippen molar-refractivity contribution in [1.82, 2.24) is 4.90 Å². The van der Waals surface area contributed by atoms with Crippen LogP contribution in [0, 0.1) is 5.92 Å². The Labute approximate surface area is 118 Å². The van der Waals surface area contributed by atoms with Crippen molar-refractivity contribution in [2.24, 2.45) is 11.7 Å². The average molecular weight is 304 g/mol. The van der Waals surface area contributed by atoms with Crippen LogP contribution >= 0.6 is 0 Å². The number of carbonyl (C=O) groups is 2. The maximum Gasteiger partial charge on any atom is 0.305 e. The van der Waals surface area contributed by atoms with Crippen molar-refractivity contribution in [3.63, 3.8) is 0 Å². The van der Waals surface area contributed by atoms with Gasteiger partial charge in [0.05, 0.1) is 29.5 Å². The van der Waals surface area contributed by atoms with E-state index in [0.717, 1.165) is 12.8 Å². The first-order valence-electron chi connectivity index (χ1n) is 6.65. The van der Waals surface area contributed by atoms with Crippen LogP contribution in [-0.4, -0.2) is 59.9 Å². The summed E-state index contributed by atoms with van der Waals surface area (Å²) in [7, 11) is -3.29. The normalized spacial score (nSPS) is 28.7. The number of carboxylic acid groups (broad SMARTS) is 1. The number of amides is 1. The van der Waals surface area contributed by atoms with Gasteiger partial charge in [-0.15, -0.1) is 0 Å². The molecule has 1 aliphatic carbocycles. The molecule has 1 saturated carbocycles. The molecule has 0 spiro atoms. The molecule has 2 unspecified atom stereocenters. The van der Waals surface area contributed by atoms with Gasteiger partial charge in [0.2, 0.25) is 5.91 Å². The number of nitrogens with zero attached hydrogens (tertiary/aromatic N) is 1. The van der Waals surface area contributed by atoms with Crippen LogP contribution in [0.4, 0.5) is 0 Å². The lowest BCUT2D eigenvalue weighted by atomic mass is 9.94. The van der Waals surface area contributed by atoms with Crippen molar-refractivity contribution in [3.05, 3.63) is 0 Å². The molecule has 0 aromatic heterocycles. The van der Waals surface area contributed by atoms with Crippen molar-refractivity contribution in [1.29, 1.82) is 0 Å². The fourth-order valence-electron chi connectivity index (χ4n) is 2.69. The van der Waals surface area contributed by atoms with Crippen molar-refractivity contribution in [2.45, 2.75) is 37.8 Å². The third kappa shape index (κ3) is 3.12. The Bertz CT molecular complexity index is 524. The summed E-state index contributed by atoms with van der Waals surface area (Å²) in [6.07, 6.45) is 1.40. The molecular formula is C12H20N2O5S. The van der Waals surface area contributed by atoms with Gasteiger partial charge >= 0.3 is 5.97 Å². The Morgan fingerprint density at radius 3 is 2.50 bits per heavy atom. The van der Waals surface area contributed by atoms with Gasteiger partial charge < -0.3 is 15.7 Å². The predicted molar refractivity (Wildman–Crippen MR) is 71.7 cm³/mol. The average Bonchev–Trinajstić information content (AvgIpc) is 3.10. The molecule has 1 amide bonds. The van der Waals surface area contributed by atoms with E-state index in [1.54, 1.807) is 6.92 Å². The van der Waals surface area contributed by atoms with Crippen LogP contribution in [0.3, 0.4) is 0 Å². The van der Waals surface area contributed by atoms with Gasteiger partial charge in [-0.1, -0.05) is 0 Å². The van der Waals surface area contributed by atoms with E-state index in [-0.39, 0.29) is 36.3 Å². The van der Waals surface area contributed by atoms with Crippen LogP contribution < -0.4 is 5.73 Å². The van der Waals surface area contributed by atoms with E-state index in [1.165, 1.54) is 4.90 Å². The minimum Gasteiger partial charge on any atom is -0.481 e. The van der Waals surface area contributed by atoms with Gasteiger partial charge in [0, 0.05) is 6.54 Å². The maximum atomic E-state index is 12.5. The van der Waals surface area contributed by atoms with E-state index in [9.17, 15) is 18.0 Å². The van der Waals surface area contributed by atoms with Gasteiger partial charge in [-0.05, 0) is 25.7 Å². The fourth-order valence-corrected chi connectivity index (χ4v) is 4.22. The Balaban J connectivity index is 2.19. The summed E-state index contributed by atoms with van der Waals surface area (Å²) in [5, 5.41) is 8.90. The molecule has 20 heavy (non-hydrogen) atoms. The highest BCUT2D eigenvalue weighted by atomic mass is 32.2. The largest absolute Gasteiger partial charge is 0.481 e. The number of sulfone groups is 1. The number of carboxylic acids is 1. The molecule has 0 aromatic rings. The van der Waals surface area contributed by atoms with E-state index < -0.39 is 27.4 Å². The van der Waals surface area contributed by atoms with Gasteiger partial charge in [0.15, 0.2) is 9.84 Å². The van der Waals surface area contributed by atoms with E-state index in [2.05, 4.69) is 0 Å². The highest BCUT2D eigenvalue weighted by Gasteiger charge is 2.48. The zero-order valence-corrected chi connectivity index (χ0v) is 12.2. The minimum atomic E-state index is -3.29. The summed E-state index contributed by atoms with van der Waals surface area (Å²) in [6, 6.07) is -0.819. The standard InChI is InChI=1S/C12H20N2O5S/c1-12(13,8-2-3-8)11(17)14-4-5-20(18,19)7-9(14)6-10(15)16/h8-9H,2-7,13H2,1H3,(H,15,16). The van der Waals surface area contributed by atoms with Crippen LogP contribution in [-0.2, 0) is 19.4 Å². The van der Waals surface area contributed by atoms with Gasteiger partial charge in [-0.2, -0.15) is 0 Å². The first-order valence-corrected chi connectivity index (χ1v) is 8.48. The molecule has 1 saturated heterocycles. The van der Waals surface area contributed by atoms with Crippen LogP contribution in [0.1, 0.15) is 26.2 Å². The molecule has 0 bridgehead atoms. The summed E-state index contributed by atoms with van der Waals surface area (Å²) in [5.74, 6) is -1.77. The van der Waals surface area contributed by atoms with Crippen molar-refractivity contribution < 1.29 is 23.1 Å². The Morgan fingerprint density at radius 2 is 2.00 bits per heavy atom. The number of nitrogens with two attached hydrogens (primary N) is 1. The van der Waals surface area contributed by atoms with Crippen LogP contribution in [0.2, 0.25) is 0 Å². The Hall–Kier alpha value is -1.15. The van der Waals surface area contributed by atoms with E-state index in [0.29, 0.717) is 0 Å². The second-order valence-electron chi connectivity index (χ2n) is 5.92. The summed E-state index contributed by atoms with van der Waals surface area (Å²) >= 11 is 0. The summed E-state index contributed by atoms with van der Waals surface area (Å²) in [6.45, 7) is 1.67. The number of rotatable bonds is 4. The molecule has 0 radical (unpaired) electrons. The first kappa shape index (κ1) is 15.2. The molecule has 7 nitrogen and oxygen atoms in total. The number of aliphatic carboxylic acids is 1. The third-order valence-corrected chi connectivity index (χ3v) is 5.78. The lowest BCUT2D eigenvalue weighted by Gasteiger charge is -2.39. The van der Waals surface area contributed by atoms with Gasteiger partial charge in [0.25, 0.3) is 0 Å². The summed E-state index contributed by atoms with van der Waals surface area (Å²) in [5.41, 5.74) is 5.04. The van der Waals surface area contributed by atoms with Crippen LogP contribution in [0.15, 0.2) is 0 Å². The molecule has 2 atom stereocenters. The number of hydrogen-bond donors (Lipinski definition) is 2. The van der Waals surface area contributed by atoms with Crippen LogP contribution in [0.5, 0.6) is 0 Å². The summed E-state index contributed by atoms with van der Waals surface area (Å²) in [4.78, 5) is 24.8. The van der Waals surface area contributed by atoms with Crippen molar-refractivity contribution >= 4 is 21.7 Å². The predicted octanol–water partition coefficient (Wildman–Crippen LogP) is -0.786. The number of hydrogen-bond acceptors (Lipinski definition) is 5. The fraction of sp³-hybridized carbons (Fsp3) is 0.833. The molecule has 1 heterocycles. The van der Waals surface area contributed by atoms with E-state index >= 15 is 0 Å². The molecular weight excluding hydrogens is 284 g/mol. The van der Waals surface area contributed by atoms with Crippen molar-refractivity contribution in [3.8, 4) is 0 Å². The molecule has 2 rings (SSSR count). The second kappa shape index (κ2) is 5.00. The molecule has 2 aliphatic rings. The molecule has 3 N–H and O–H groups in total. The molecule has 114 valence electrons. The molecule has 0 aromatic carbocycles. The smallest absolute Gasteiger partial charge is 0.305 e. The lowest BCUT2D eigenvalue weighted by Crippen LogP contribution is -2.61. The van der Waals surface area contributed by atoms with E-state index in [4.69, 9.17) is 10.8 Å².